The summed E-state index contributed by atoms with van der Waals surface area (Å²) >= 11 is 5.95. The number of anilines is 1. The minimum Gasteiger partial charge on any atom is -0.391 e. The zero-order chi connectivity index (χ0) is 13.5. The minimum absolute atomic E-state index is 0.249. The molecule has 3 N–H and O–H groups in total. The Kier molecular flexibility index (Phi) is 5.95. The molecule has 0 bridgehead atoms. The lowest BCUT2D eigenvalue weighted by atomic mass is 10.2. The zero-order valence-electron chi connectivity index (χ0n) is 10.7. The van der Waals surface area contributed by atoms with E-state index < -0.39 is 6.10 Å². The third-order valence-corrected chi connectivity index (χ3v) is 3.05. The van der Waals surface area contributed by atoms with Crippen molar-refractivity contribution in [2.24, 2.45) is 0 Å². The lowest BCUT2D eigenvalue weighted by molar-refractivity contribution is 0.162. The molecule has 1 rings (SSSR count). The van der Waals surface area contributed by atoms with Gasteiger partial charge in [0.2, 0.25) is 0 Å². The van der Waals surface area contributed by atoms with Gasteiger partial charge in [-0.05, 0) is 31.0 Å². The van der Waals surface area contributed by atoms with Crippen molar-refractivity contribution in [2.45, 2.75) is 32.8 Å². The Morgan fingerprint density at radius 2 is 2.22 bits per heavy atom. The molecule has 18 heavy (non-hydrogen) atoms. The van der Waals surface area contributed by atoms with Gasteiger partial charge in [0, 0.05) is 17.3 Å². The summed E-state index contributed by atoms with van der Waals surface area (Å²) in [5, 5.41) is 15.4. The maximum atomic E-state index is 11.6. The Hall–Kier alpha value is -1.26. The molecular weight excluding hydrogens is 252 g/mol. The molecular formula is C13H19ClN2O2. The monoisotopic (exact) mass is 270 g/mol. The zero-order valence-corrected chi connectivity index (χ0v) is 11.4. The van der Waals surface area contributed by atoms with Crippen molar-refractivity contribution in [3.63, 3.8) is 0 Å². The Morgan fingerprint density at radius 1 is 1.50 bits per heavy atom. The van der Waals surface area contributed by atoms with Crippen LogP contribution >= 0.6 is 11.6 Å². The molecule has 5 heteroatoms. The predicted molar refractivity (Wildman–Crippen MR) is 74.1 cm³/mol. The van der Waals surface area contributed by atoms with Gasteiger partial charge >= 0.3 is 6.03 Å². The molecule has 0 aliphatic rings. The highest BCUT2D eigenvalue weighted by Gasteiger charge is 2.08. The van der Waals surface area contributed by atoms with E-state index >= 15 is 0 Å². The van der Waals surface area contributed by atoms with Crippen LogP contribution in [0.2, 0.25) is 5.02 Å². The maximum absolute atomic E-state index is 11.6. The number of carbonyl (C=O) groups is 1. The lowest BCUT2D eigenvalue weighted by Crippen LogP contribution is -2.35. The molecule has 100 valence electrons. The van der Waals surface area contributed by atoms with Gasteiger partial charge in [-0.1, -0.05) is 31.0 Å². The summed E-state index contributed by atoms with van der Waals surface area (Å²) in [6, 6.07) is 4.99. The van der Waals surface area contributed by atoms with Crippen molar-refractivity contribution in [1.82, 2.24) is 5.32 Å². The average molecular weight is 271 g/mol. The van der Waals surface area contributed by atoms with Crippen molar-refractivity contribution >= 4 is 23.3 Å². The summed E-state index contributed by atoms with van der Waals surface area (Å²) < 4.78 is 0. The Balaban J connectivity index is 2.47. The predicted octanol–water partition coefficient (Wildman–Crippen LogP) is 2.93. The first-order valence-electron chi connectivity index (χ1n) is 6.02. The molecule has 4 nitrogen and oxygen atoms in total. The van der Waals surface area contributed by atoms with Crippen molar-refractivity contribution in [2.75, 3.05) is 11.9 Å². The fraction of sp³-hybridized carbons (Fsp3) is 0.462. The molecule has 0 spiro atoms. The van der Waals surface area contributed by atoms with Gasteiger partial charge in [-0.15, -0.1) is 0 Å². The van der Waals surface area contributed by atoms with Crippen LogP contribution in [-0.4, -0.2) is 23.8 Å². The summed E-state index contributed by atoms with van der Waals surface area (Å²) in [7, 11) is 0. The molecule has 0 fully saturated rings. The van der Waals surface area contributed by atoms with Crippen LogP contribution in [0.4, 0.5) is 10.5 Å². The number of urea groups is 1. The molecule has 0 radical (unpaired) electrons. The van der Waals surface area contributed by atoms with Gasteiger partial charge in [0.15, 0.2) is 0 Å². The second-order valence-corrected chi connectivity index (χ2v) is 4.60. The van der Waals surface area contributed by atoms with Crippen LogP contribution < -0.4 is 10.6 Å². The largest absolute Gasteiger partial charge is 0.391 e. The quantitative estimate of drug-likeness (QED) is 0.770. The lowest BCUT2D eigenvalue weighted by Gasteiger charge is -2.13. The maximum Gasteiger partial charge on any atom is 0.319 e. The van der Waals surface area contributed by atoms with Gasteiger partial charge in [0.25, 0.3) is 0 Å². The minimum atomic E-state index is -0.499. The molecule has 1 unspecified atom stereocenters. The average Bonchev–Trinajstić information content (AvgIpc) is 2.33. The summed E-state index contributed by atoms with van der Waals surface area (Å²) in [6.07, 6.45) is 1.06. The fourth-order valence-electron chi connectivity index (χ4n) is 1.56. The van der Waals surface area contributed by atoms with Crippen molar-refractivity contribution in [3.05, 3.63) is 28.8 Å². The van der Waals surface area contributed by atoms with E-state index in [1.165, 1.54) is 0 Å². The van der Waals surface area contributed by atoms with Crippen LogP contribution in [0.15, 0.2) is 18.2 Å². The van der Waals surface area contributed by atoms with Crippen LogP contribution in [0.5, 0.6) is 0 Å². The number of halogens is 1. The first kappa shape index (κ1) is 14.8. The van der Waals surface area contributed by atoms with E-state index in [9.17, 15) is 9.90 Å². The fourth-order valence-corrected chi connectivity index (χ4v) is 1.73. The summed E-state index contributed by atoms with van der Waals surface area (Å²) in [4.78, 5) is 11.6. The molecule has 1 aromatic carbocycles. The number of rotatable bonds is 5. The number of aliphatic hydroxyl groups excluding tert-OH is 1. The number of hydrogen-bond donors (Lipinski definition) is 3. The topological polar surface area (TPSA) is 61.4 Å². The Labute approximate surface area is 112 Å². The SMILES string of the molecule is CCCC(O)CNC(=O)Nc1cccc(Cl)c1C. The number of amides is 2. The van der Waals surface area contributed by atoms with Gasteiger partial charge in [-0.2, -0.15) is 0 Å². The molecule has 0 aromatic heterocycles. The first-order valence-corrected chi connectivity index (χ1v) is 6.40. The van der Waals surface area contributed by atoms with Crippen molar-refractivity contribution in [3.8, 4) is 0 Å². The summed E-state index contributed by atoms with van der Waals surface area (Å²) in [6.45, 7) is 4.07. The molecule has 0 heterocycles. The Bertz CT molecular complexity index is 410. The van der Waals surface area contributed by atoms with Crippen LogP contribution in [0.3, 0.4) is 0 Å². The Morgan fingerprint density at radius 3 is 2.89 bits per heavy atom. The van der Waals surface area contributed by atoms with Crippen LogP contribution in [-0.2, 0) is 0 Å². The summed E-state index contributed by atoms with van der Waals surface area (Å²) in [5.74, 6) is 0. The van der Waals surface area contributed by atoms with Gasteiger partial charge in [0.05, 0.1) is 6.10 Å². The van der Waals surface area contributed by atoms with Crippen LogP contribution in [0, 0.1) is 6.92 Å². The van der Waals surface area contributed by atoms with E-state index in [2.05, 4.69) is 10.6 Å². The number of hydrogen-bond acceptors (Lipinski definition) is 2. The van der Waals surface area contributed by atoms with Crippen molar-refractivity contribution < 1.29 is 9.90 Å². The highest BCUT2D eigenvalue weighted by Crippen LogP contribution is 2.22. The molecule has 1 aromatic rings. The van der Waals surface area contributed by atoms with Gasteiger partial charge < -0.3 is 15.7 Å². The number of aliphatic hydroxyl groups is 1. The normalized spacial score (nSPS) is 12.0. The second kappa shape index (κ2) is 7.24. The molecule has 0 saturated carbocycles. The highest BCUT2D eigenvalue weighted by molar-refractivity contribution is 6.31. The molecule has 2 amide bonds. The summed E-state index contributed by atoms with van der Waals surface area (Å²) in [5.41, 5.74) is 1.49. The molecule has 0 saturated heterocycles. The number of nitrogens with one attached hydrogen (secondary N) is 2. The van der Waals surface area contributed by atoms with Gasteiger partial charge in [-0.3, -0.25) is 0 Å². The third-order valence-electron chi connectivity index (χ3n) is 2.64. The van der Waals surface area contributed by atoms with E-state index in [0.717, 1.165) is 12.0 Å². The van der Waals surface area contributed by atoms with Crippen molar-refractivity contribution in [1.29, 1.82) is 0 Å². The number of carbonyl (C=O) groups excluding carboxylic acids is 1. The van der Waals surface area contributed by atoms with E-state index in [1.807, 2.05) is 13.8 Å². The van der Waals surface area contributed by atoms with E-state index in [1.54, 1.807) is 18.2 Å². The molecule has 0 aliphatic carbocycles. The van der Waals surface area contributed by atoms with Crippen LogP contribution in [0.1, 0.15) is 25.3 Å². The smallest absolute Gasteiger partial charge is 0.319 e. The van der Waals surface area contributed by atoms with Gasteiger partial charge in [0.1, 0.15) is 0 Å². The van der Waals surface area contributed by atoms with Gasteiger partial charge in [-0.25, -0.2) is 4.79 Å². The van der Waals surface area contributed by atoms with E-state index in [-0.39, 0.29) is 12.6 Å². The standard InChI is InChI=1S/C13H19ClN2O2/c1-3-5-10(17)8-15-13(18)16-12-7-4-6-11(14)9(12)2/h4,6-7,10,17H,3,5,8H2,1-2H3,(H2,15,16,18). The first-order chi connectivity index (χ1) is 8.54. The molecule has 0 aliphatic heterocycles. The molecule has 1 atom stereocenters. The van der Waals surface area contributed by atoms with E-state index in [0.29, 0.717) is 17.1 Å². The number of benzene rings is 1. The second-order valence-electron chi connectivity index (χ2n) is 4.19. The van der Waals surface area contributed by atoms with Crippen LogP contribution in [0.25, 0.3) is 0 Å². The van der Waals surface area contributed by atoms with E-state index in [4.69, 9.17) is 11.6 Å². The highest BCUT2D eigenvalue weighted by atomic mass is 35.5. The third kappa shape index (κ3) is 4.55.